The van der Waals surface area contributed by atoms with Crippen molar-refractivity contribution in [3.63, 3.8) is 0 Å². The molecule has 0 aliphatic rings. The molecule has 2 N–H and O–H groups in total. The van der Waals surface area contributed by atoms with E-state index in [1.165, 1.54) is 6.92 Å². The minimum Gasteiger partial charge on any atom is -0.393 e. The fourth-order valence-corrected chi connectivity index (χ4v) is 0.457. The van der Waals surface area contributed by atoms with Crippen LogP contribution in [0.25, 0.3) is 0 Å². The van der Waals surface area contributed by atoms with Crippen LogP contribution in [0.5, 0.6) is 0 Å². The van der Waals surface area contributed by atoms with Crippen LogP contribution < -0.4 is 5.32 Å². The van der Waals surface area contributed by atoms with Gasteiger partial charge < -0.3 is 10.4 Å². The zero-order chi connectivity index (χ0) is 7.28. The van der Waals surface area contributed by atoms with Gasteiger partial charge in [0, 0.05) is 13.5 Å². The number of hydrogen-bond donors (Lipinski definition) is 2. The van der Waals surface area contributed by atoms with Gasteiger partial charge in [0.15, 0.2) is 0 Å². The van der Waals surface area contributed by atoms with Crippen molar-refractivity contribution >= 4 is 5.91 Å². The topological polar surface area (TPSA) is 49.3 Å². The van der Waals surface area contributed by atoms with E-state index >= 15 is 0 Å². The molecule has 0 aromatic carbocycles. The summed E-state index contributed by atoms with van der Waals surface area (Å²) < 4.78 is 0. The van der Waals surface area contributed by atoms with Crippen molar-refractivity contribution < 1.29 is 9.90 Å². The van der Waals surface area contributed by atoms with Crippen molar-refractivity contribution in [1.82, 2.24) is 5.32 Å². The second-order valence-electron chi connectivity index (χ2n) is 2.12. The third-order valence-corrected chi connectivity index (χ3v) is 0.936. The zero-order valence-electron chi connectivity index (χ0n) is 5.85. The average Bonchev–Trinajstić information content (AvgIpc) is 1.63. The van der Waals surface area contributed by atoms with Crippen LogP contribution in [0.1, 0.15) is 20.3 Å². The summed E-state index contributed by atoms with van der Waals surface area (Å²) in [6.07, 6.45) is 0.302. The standard InChI is InChI=1S/C6H13NO2/c1-5(8)3-4-7-6(2)9/h5,8H,3-4H2,1-2H3,(H,7,9)/t5-/m0/s1. The van der Waals surface area contributed by atoms with Gasteiger partial charge in [-0.05, 0) is 13.3 Å². The maximum absolute atomic E-state index is 10.2. The maximum Gasteiger partial charge on any atom is 0.216 e. The summed E-state index contributed by atoms with van der Waals surface area (Å²) in [5.41, 5.74) is 0. The van der Waals surface area contributed by atoms with Crippen molar-refractivity contribution in [3.8, 4) is 0 Å². The highest BCUT2D eigenvalue weighted by molar-refractivity contribution is 5.72. The summed E-state index contributed by atoms with van der Waals surface area (Å²) in [5, 5.41) is 11.3. The lowest BCUT2D eigenvalue weighted by Crippen LogP contribution is -2.23. The van der Waals surface area contributed by atoms with Crippen molar-refractivity contribution in [2.45, 2.75) is 26.4 Å². The molecular weight excluding hydrogens is 118 g/mol. The summed E-state index contributed by atoms with van der Waals surface area (Å²) in [7, 11) is 0. The Labute approximate surface area is 55.1 Å². The predicted octanol–water partition coefficient (Wildman–Crippen LogP) is -0.107. The third kappa shape index (κ3) is 7.43. The molecule has 3 nitrogen and oxygen atoms in total. The number of amides is 1. The monoisotopic (exact) mass is 131 g/mol. The highest BCUT2D eigenvalue weighted by Crippen LogP contribution is 1.84. The van der Waals surface area contributed by atoms with E-state index in [0.29, 0.717) is 13.0 Å². The first kappa shape index (κ1) is 8.43. The van der Waals surface area contributed by atoms with Crippen LogP contribution in [0.4, 0.5) is 0 Å². The van der Waals surface area contributed by atoms with Gasteiger partial charge in [-0.25, -0.2) is 0 Å². The van der Waals surface area contributed by atoms with Gasteiger partial charge in [-0.3, -0.25) is 4.79 Å². The van der Waals surface area contributed by atoms with Gasteiger partial charge in [0.05, 0.1) is 6.10 Å². The number of carbonyl (C=O) groups excluding carboxylic acids is 1. The first-order valence-corrected chi connectivity index (χ1v) is 3.05. The van der Waals surface area contributed by atoms with Crippen molar-refractivity contribution in [1.29, 1.82) is 0 Å². The Hall–Kier alpha value is -0.570. The minimum atomic E-state index is -0.322. The van der Waals surface area contributed by atoms with Gasteiger partial charge >= 0.3 is 0 Å². The largest absolute Gasteiger partial charge is 0.393 e. The molecule has 0 bridgehead atoms. The SMILES string of the molecule is CC(=O)NCC[C@H](C)O. The van der Waals surface area contributed by atoms with E-state index in [1.807, 2.05) is 0 Å². The molecule has 0 radical (unpaired) electrons. The second kappa shape index (κ2) is 4.32. The van der Waals surface area contributed by atoms with Gasteiger partial charge in [0.25, 0.3) is 0 Å². The lowest BCUT2D eigenvalue weighted by Gasteiger charge is -2.02. The summed E-state index contributed by atoms with van der Waals surface area (Å²) in [4.78, 5) is 10.2. The normalized spacial score (nSPS) is 12.8. The summed E-state index contributed by atoms with van der Waals surface area (Å²) in [5.74, 6) is -0.0457. The molecule has 0 unspecified atom stereocenters. The molecule has 0 heterocycles. The summed E-state index contributed by atoms with van der Waals surface area (Å²) in [6.45, 7) is 3.72. The van der Waals surface area contributed by atoms with Crippen LogP contribution in [0.15, 0.2) is 0 Å². The van der Waals surface area contributed by atoms with E-state index in [9.17, 15) is 4.79 Å². The Morgan fingerprint density at radius 1 is 1.78 bits per heavy atom. The lowest BCUT2D eigenvalue weighted by molar-refractivity contribution is -0.119. The van der Waals surface area contributed by atoms with Crippen LogP contribution in [0, 0.1) is 0 Å². The Morgan fingerprint density at radius 3 is 2.67 bits per heavy atom. The van der Waals surface area contributed by atoms with E-state index in [2.05, 4.69) is 5.32 Å². The molecule has 0 saturated heterocycles. The number of hydrogen-bond acceptors (Lipinski definition) is 2. The van der Waals surface area contributed by atoms with E-state index in [0.717, 1.165) is 0 Å². The molecule has 0 aliphatic carbocycles. The van der Waals surface area contributed by atoms with Crippen molar-refractivity contribution in [3.05, 3.63) is 0 Å². The number of carbonyl (C=O) groups is 1. The van der Waals surface area contributed by atoms with Gasteiger partial charge in [-0.1, -0.05) is 0 Å². The van der Waals surface area contributed by atoms with Crippen LogP contribution in [0.2, 0.25) is 0 Å². The van der Waals surface area contributed by atoms with Gasteiger partial charge in [-0.2, -0.15) is 0 Å². The zero-order valence-corrected chi connectivity index (χ0v) is 5.85. The second-order valence-corrected chi connectivity index (χ2v) is 2.12. The molecule has 1 amide bonds. The van der Waals surface area contributed by atoms with Gasteiger partial charge in [-0.15, -0.1) is 0 Å². The van der Waals surface area contributed by atoms with Crippen LogP contribution in [-0.2, 0) is 4.79 Å². The van der Waals surface area contributed by atoms with Crippen LogP contribution in [-0.4, -0.2) is 23.7 Å². The van der Waals surface area contributed by atoms with Crippen molar-refractivity contribution in [2.24, 2.45) is 0 Å². The quantitative estimate of drug-likeness (QED) is 0.561. The average molecular weight is 131 g/mol. The van der Waals surface area contributed by atoms with E-state index in [-0.39, 0.29) is 12.0 Å². The molecule has 1 atom stereocenters. The van der Waals surface area contributed by atoms with Gasteiger partial charge in [0.1, 0.15) is 0 Å². The smallest absolute Gasteiger partial charge is 0.216 e. The van der Waals surface area contributed by atoms with Crippen LogP contribution >= 0.6 is 0 Å². The molecular formula is C6H13NO2. The number of aliphatic hydroxyl groups excluding tert-OH is 1. The third-order valence-electron chi connectivity index (χ3n) is 0.936. The molecule has 0 aromatic rings. The molecule has 54 valence electrons. The van der Waals surface area contributed by atoms with E-state index < -0.39 is 0 Å². The highest BCUT2D eigenvalue weighted by atomic mass is 16.3. The fourth-order valence-electron chi connectivity index (χ4n) is 0.457. The Morgan fingerprint density at radius 2 is 2.33 bits per heavy atom. The number of nitrogens with one attached hydrogen (secondary N) is 1. The Kier molecular flexibility index (Phi) is 4.05. The Bertz CT molecular complexity index is 91.1. The van der Waals surface area contributed by atoms with E-state index in [1.54, 1.807) is 6.92 Å². The minimum absolute atomic E-state index is 0.0457. The first-order valence-electron chi connectivity index (χ1n) is 3.05. The molecule has 0 saturated carbocycles. The highest BCUT2D eigenvalue weighted by Gasteiger charge is 1.94. The lowest BCUT2D eigenvalue weighted by atomic mass is 10.3. The maximum atomic E-state index is 10.2. The molecule has 3 heteroatoms. The molecule has 0 fully saturated rings. The Balaban J connectivity index is 3.01. The molecule has 9 heavy (non-hydrogen) atoms. The molecule has 0 aliphatic heterocycles. The fraction of sp³-hybridized carbons (Fsp3) is 0.833. The molecule has 0 rings (SSSR count). The number of rotatable bonds is 3. The summed E-state index contributed by atoms with van der Waals surface area (Å²) >= 11 is 0. The number of aliphatic hydroxyl groups is 1. The molecule has 0 spiro atoms. The van der Waals surface area contributed by atoms with E-state index in [4.69, 9.17) is 5.11 Å². The molecule has 0 aromatic heterocycles. The van der Waals surface area contributed by atoms with Crippen LogP contribution in [0.3, 0.4) is 0 Å². The van der Waals surface area contributed by atoms with Gasteiger partial charge in [0.2, 0.25) is 5.91 Å². The van der Waals surface area contributed by atoms with Crippen molar-refractivity contribution in [2.75, 3.05) is 6.54 Å². The summed E-state index contributed by atoms with van der Waals surface area (Å²) in [6, 6.07) is 0. The predicted molar refractivity (Wildman–Crippen MR) is 35.0 cm³/mol. The first-order chi connectivity index (χ1) is 4.13.